The van der Waals surface area contributed by atoms with Gasteiger partial charge >= 0.3 is 11.9 Å². The van der Waals surface area contributed by atoms with Gasteiger partial charge in [0.05, 0.1) is 59.3 Å². The molecular formula is C50H50N10O10S4. The summed E-state index contributed by atoms with van der Waals surface area (Å²) in [6, 6.07) is 18.9. The van der Waals surface area contributed by atoms with Crippen molar-refractivity contribution in [2.75, 3.05) is 19.7 Å². The normalized spacial score (nSPS) is 11.7. The molecule has 0 saturated carbocycles. The number of hydrogen-bond donors (Lipinski definition) is 9. The van der Waals surface area contributed by atoms with Crippen LogP contribution in [0.3, 0.4) is 0 Å². The van der Waals surface area contributed by atoms with E-state index >= 15 is 0 Å². The van der Waals surface area contributed by atoms with Crippen LogP contribution in [0.25, 0.3) is 21.8 Å². The largest absolute Gasteiger partial charge is 0.480 e. The molecule has 24 heteroatoms. The molecule has 0 saturated heterocycles. The molecule has 0 radical (unpaired) electrons. The van der Waals surface area contributed by atoms with E-state index < -0.39 is 41.7 Å². The fourth-order valence-electron chi connectivity index (χ4n) is 7.10. The summed E-state index contributed by atoms with van der Waals surface area (Å²) in [6.07, 6.45) is 3.40. The van der Waals surface area contributed by atoms with Crippen molar-refractivity contribution >= 4 is 115 Å². The topological polar surface area (TPSA) is 296 Å². The van der Waals surface area contributed by atoms with Crippen molar-refractivity contribution in [2.24, 2.45) is 5.92 Å². The van der Waals surface area contributed by atoms with E-state index in [2.05, 4.69) is 52.3 Å². The van der Waals surface area contributed by atoms with Gasteiger partial charge in [-0.1, -0.05) is 50.2 Å². The van der Waals surface area contributed by atoms with Gasteiger partial charge in [-0.25, -0.2) is 9.59 Å². The summed E-state index contributed by atoms with van der Waals surface area (Å²) in [5, 5.41) is 44.6. The Hall–Kier alpha value is -8.06. The van der Waals surface area contributed by atoms with E-state index in [0.717, 1.165) is 55.6 Å². The van der Waals surface area contributed by atoms with E-state index in [0.29, 0.717) is 42.1 Å². The number of H-pyrrole nitrogens is 2. The number of carbonyl (C=O) groups is 8. The third-order valence-electron chi connectivity index (χ3n) is 10.9. The molecular weight excluding hydrogens is 1030 g/mol. The standard InChI is InChI=1S/C27H29N5O5S2.C23H21N5O5S2/c1-15(2)14-37-27(36)20(13-29-24(33)21-8-5-9-38-21)31-26(35)23-16(3)10-22(39-23)25(34)28-11-17-6-4-7-19-18(17)12-30-32-19;1-12-8-18(21(30)24-9-13-4-2-5-15-14(13)10-26-28-15)35-19(12)22(31)27-16(23(32)33)11-25-20(29)17-6-3-7-34-17/h4-10,12,15,20H,11,13-14H2,1-3H3,(H,28,34)(H,29,33)(H,30,32)(H,31,35);2-8,10,16H,9,11H2,1H3,(H,24,30)(H,25,29)(H,26,28)(H,27,31)(H,32,33)/t20-;16-/m00/s1. The quantitative estimate of drug-likeness (QED) is 0.0386. The number of nitrogens with one attached hydrogen (secondary N) is 8. The Morgan fingerprint density at radius 3 is 1.46 bits per heavy atom. The van der Waals surface area contributed by atoms with Crippen LogP contribution in [0.2, 0.25) is 0 Å². The Morgan fingerprint density at radius 2 is 1.03 bits per heavy atom. The summed E-state index contributed by atoms with van der Waals surface area (Å²) < 4.78 is 5.33. The van der Waals surface area contributed by atoms with Crippen molar-refractivity contribution in [3.63, 3.8) is 0 Å². The van der Waals surface area contributed by atoms with Crippen LogP contribution in [0.5, 0.6) is 0 Å². The molecule has 20 nitrogen and oxygen atoms in total. The molecule has 8 rings (SSSR count). The molecule has 6 aromatic heterocycles. The molecule has 384 valence electrons. The van der Waals surface area contributed by atoms with Crippen molar-refractivity contribution in [3.05, 3.63) is 147 Å². The van der Waals surface area contributed by atoms with Crippen molar-refractivity contribution in [2.45, 2.75) is 52.9 Å². The van der Waals surface area contributed by atoms with E-state index in [-0.39, 0.29) is 54.8 Å². The minimum atomic E-state index is -1.33. The second kappa shape index (κ2) is 25.1. The number of rotatable bonds is 20. The summed E-state index contributed by atoms with van der Waals surface area (Å²) in [7, 11) is 0. The predicted octanol–water partition coefficient (Wildman–Crippen LogP) is 6.19. The smallest absolute Gasteiger partial charge is 0.330 e. The summed E-state index contributed by atoms with van der Waals surface area (Å²) in [4.78, 5) is 103. The first-order chi connectivity index (χ1) is 35.6. The maximum absolute atomic E-state index is 13.2. The number of benzene rings is 2. The lowest BCUT2D eigenvalue weighted by atomic mass is 10.1. The van der Waals surface area contributed by atoms with Gasteiger partial charge in [-0.2, -0.15) is 10.2 Å². The fraction of sp³-hybridized carbons (Fsp3) is 0.240. The van der Waals surface area contributed by atoms with Gasteiger partial charge in [-0.15, -0.1) is 45.3 Å². The number of carbonyl (C=O) groups excluding carboxylic acids is 7. The summed E-state index contributed by atoms with van der Waals surface area (Å²) in [6.45, 7) is 7.51. The number of aromatic amines is 2. The number of ether oxygens (including phenoxy) is 1. The Balaban J connectivity index is 0.000000217. The SMILES string of the molecule is Cc1cc(C(=O)NCc2cccc3[nH]ncc23)sc1C(=O)N[C@@H](CNC(=O)c1cccs1)C(=O)O.Cc1cc(C(=O)NCc2cccc3[nH]ncc23)sc1C(=O)N[C@@H](CNC(=O)c1cccs1)C(=O)OCC(C)C. The van der Waals surface area contributed by atoms with E-state index in [9.17, 15) is 43.5 Å². The summed E-state index contributed by atoms with van der Waals surface area (Å²) in [5.74, 6) is -4.43. The molecule has 8 aromatic rings. The second-order valence-corrected chi connectivity index (χ2v) is 20.9. The van der Waals surface area contributed by atoms with Gasteiger partial charge in [0.2, 0.25) is 0 Å². The van der Waals surface area contributed by atoms with Gasteiger partial charge in [0.25, 0.3) is 35.4 Å². The highest BCUT2D eigenvalue weighted by Crippen LogP contribution is 2.25. The average Bonchev–Trinajstić information content (AvgIpc) is 4.25. The Kier molecular flexibility index (Phi) is 18.2. The maximum Gasteiger partial charge on any atom is 0.330 e. The van der Waals surface area contributed by atoms with Crippen molar-refractivity contribution in [1.29, 1.82) is 0 Å². The van der Waals surface area contributed by atoms with E-state index in [4.69, 9.17) is 4.74 Å². The molecule has 6 heterocycles. The number of thiophene rings is 4. The van der Waals surface area contributed by atoms with Gasteiger partial charge in [0, 0.05) is 37.0 Å². The number of aliphatic carboxylic acids is 1. The zero-order chi connectivity index (χ0) is 52.9. The number of hydrogen-bond acceptors (Lipinski definition) is 15. The third-order valence-corrected chi connectivity index (χ3v) is 15.1. The van der Waals surface area contributed by atoms with Gasteiger partial charge in [-0.3, -0.25) is 39.0 Å². The molecule has 2 aromatic carbocycles. The highest BCUT2D eigenvalue weighted by atomic mass is 32.1. The highest BCUT2D eigenvalue weighted by Gasteiger charge is 2.28. The highest BCUT2D eigenvalue weighted by molar-refractivity contribution is 7.16. The minimum absolute atomic E-state index is 0.104. The number of nitrogens with zero attached hydrogens (tertiary/aromatic N) is 2. The first-order valence-electron chi connectivity index (χ1n) is 22.8. The van der Waals surface area contributed by atoms with Gasteiger partial charge in [0.15, 0.2) is 0 Å². The fourth-order valence-corrected chi connectivity index (χ4v) is 10.4. The number of amides is 6. The van der Waals surface area contributed by atoms with Crippen LogP contribution in [-0.4, -0.2) is 105 Å². The van der Waals surface area contributed by atoms with Gasteiger partial charge in [0.1, 0.15) is 12.1 Å². The molecule has 9 N–H and O–H groups in total. The van der Waals surface area contributed by atoms with Crippen LogP contribution in [0.4, 0.5) is 0 Å². The van der Waals surface area contributed by atoms with Crippen molar-refractivity contribution < 1.29 is 48.2 Å². The lowest BCUT2D eigenvalue weighted by Gasteiger charge is -2.19. The van der Waals surface area contributed by atoms with E-state index in [1.807, 2.05) is 50.2 Å². The Labute approximate surface area is 438 Å². The van der Waals surface area contributed by atoms with Crippen LogP contribution in [0.1, 0.15) is 94.1 Å². The zero-order valence-electron chi connectivity index (χ0n) is 40.2. The van der Waals surface area contributed by atoms with Crippen molar-refractivity contribution in [1.82, 2.24) is 52.3 Å². The number of aromatic nitrogens is 4. The van der Waals surface area contributed by atoms with E-state index in [1.165, 1.54) is 22.7 Å². The van der Waals surface area contributed by atoms with Crippen LogP contribution in [-0.2, 0) is 27.4 Å². The number of carboxylic acids is 1. The average molecular weight is 1080 g/mol. The lowest BCUT2D eigenvalue weighted by molar-refractivity contribution is -0.146. The second-order valence-electron chi connectivity index (χ2n) is 16.9. The van der Waals surface area contributed by atoms with Crippen LogP contribution in [0.15, 0.2) is 96.0 Å². The molecule has 0 spiro atoms. The maximum atomic E-state index is 13.2. The molecule has 2 atom stereocenters. The van der Waals surface area contributed by atoms with Crippen LogP contribution in [0, 0.1) is 19.8 Å². The number of aryl methyl sites for hydroxylation is 2. The first-order valence-corrected chi connectivity index (χ1v) is 26.2. The predicted molar refractivity (Wildman–Crippen MR) is 282 cm³/mol. The van der Waals surface area contributed by atoms with Crippen LogP contribution >= 0.6 is 45.3 Å². The number of esters is 1. The van der Waals surface area contributed by atoms with Crippen molar-refractivity contribution in [3.8, 4) is 0 Å². The molecule has 6 amide bonds. The molecule has 0 fully saturated rings. The summed E-state index contributed by atoms with van der Waals surface area (Å²) >= 11 is 4.50. The van der Waals surface area contributed by atoms with Gasteiger partial charge < -0.3 is 41.7 Å². The zero-order valence-corrected chi connectivity index (χ0v) is 43.4. The summed E-state index contributed by atoms with van der Waals surface area (Å²) in [5.41, 5.74) is 4.68. The third kappa shape index (κ3) is 13.9. The molecule has 0 bridgehead atoms. The molecule has 0 aliphatic heterocycles. The van der Waals surface area contributed by atoms with Gasteiger partial charge in [-0.05, 0) is 89.2 Å². The number of fused-ring (bicyclic) bond motifs is 2. The Bertz CT molecular complexity index is 3300. The monoisotopic (exact) mass is 1080 g/mol. The number of carboxylic acid groups (broad SMARTS) is 1. The lowest BCUT2D eigenvalue weighted by Crippen LogP contribution is -2.49. The molecule has 0 aliphatic rings. The molecule has 0 unspecified atom stereocenters. The molecule has 0 aliphatic carbocycles. The Morgan fingerprint density at radius 1 is 0.581 bits per heavy atom. The minimum Gasteiger partial charge on any atom is -0.480 e. The van der Waals surface area contributed by atoms with Crippen LogP contribution < -0.4 is 31.9 Å². The van der Waals surface area contributed by atoms with E-state index in [1.54, 1.807) is 73.4 Å². The molecule has 74 heavy (non-hydrogen) atoms. The first kappa shape index (κ1) is 53.7.